The van der Waals surface area contributed by atoms with Crippen LogP contribution in [0.25, 0.3) is 0 Å². The number of rotatable bonds is 3. The molecule has 0 saturated carbocycles. The van der Waals surface area contributed by atoms with Crippen LogP contribution in [0, 0.1) is 6.92 Å². The predicted octanol–water partition coefficient (Wildman–Crippen LogP) is 3.79. The summed E-state index contributed by atoms with van der Waals surface area (Å²) in [5.41, 5.74) is 7.24. The van der Waals surface area contributed by atoms with Crippen molar-refractivity contribution in [3.8, 4) is 0 Å². The van der Waals surface area contributed by atoms with Gasteiger partial charge in [-0.15, -0.1) is 0 Å². The van der Waals surface area contributed by atoms with E-state index in [4.69, 9.17) is 17.3 Å². The number of nitrogen functional groups attached to an aromatic ring is 1. The second kappa shape index (κ2) is 5.63. The number of nitrogens with two attached hydrogens (primary N) is 1. The van der Waals surface area contributed by atoms with Crippen LogP contribution >= 0.6 is 27.5 Å². The summed E-state index contributed by atoms with van der Waals surface area (Å²) < 4.78 is 27.7. The minimum absolute atomic E-state index is 0.0436. The van der Waals surface area contributed by atoms with Crippen molar-refractivity contribution in [3.63, 3.8) is 0 Å². The molecule has 2 aromatic rings. The van der Waals surface area contributed by atoms with Gasteiger partial charge in [0.15, 0.2) is 0 Å². The first kappa shape index (κ1) is 15.2. The summed E-state index contributed by atoms with van der Waals surface area (Å²) in [5.74, 6) is 0. The lowest BCUT2D eigenvalue weighted by atomic mass is 10.2. The summed E-state index contributed by atoms with van der Waals surface area (Å²) in [6, 6.07) is 9.58. The van der Waals surface area contributed by atoms with Crippen LogP contribution < -0.4 is 10.5 Å². The van der Waals surface area contributed by atoms with Crippen LogP contribution in [0.2, 0.25) is 5.02 Å². The number of nitrogens with one attached hydrogen (secondary N) is 1. The van der Waals surface area contributed by atoms with Crippen molar-refractivity contribution < 1.29 is 8.42 Å². The van der Waals surface area contributed by atoms with Crippen molar-refractivity contribution >= 4 is 48.9 Å². The summed E-state index contributed by atoms with van der Waals surface area (Å²) in [5, 5.41) is 0.419. The largest absolute Gasteiger partial charge is 0.398 e. The van der Waals surface area contributed by atoms with E-state index in [2.05, 4.69) is 20.7 Å². The van der Waals surface area contributed by atoms with E-state index in [-0.39, 0.29) is 10.6 Å². The summed E-state index contributed by atoms with van der Waals surface area (Å²) in [4.78, 5) is 0.0436. The van der Waals surface area contributed by atoms with Gasteiger partial charge in [-0.3, -0.25) is 4.72 Å². The molecule has 0 aliphatic carbocycles. The van der Waals surface area contributed by atoms with E-state index < -0.39 is 10.0 Å². The molecule has 7 heteroatoms. The summed E-state index contributed by atoms with van der Waals surface area (Å²) in [7, 11) is -3.74. The van der Waals surface area contributed by atoms with Crippen LogP contribution in [-0.2, 0) is 10.0 Å². The number of sulfonamides is 1. The standard InChI is InChI=1S/C13H12BrClN2O2S/c1-8-2-5-13(12(16)6-8)20(18,19)17-9-3-4-10(14)11(15)7-9/h2-7,17H,16H2,1H3. The average molecular weight is 376 g/mol. The lowest BCUT2D eigenvalue weighted by molar-refractivity contribution is 0.601. The normalized spacial score (nSPS) is 11.3. The highest BCUT2D eigenvalue weighted by atomic mass is 79.9. The third-order valence-electron chi connectivity index (χ3n) is 2.63. The monoisotopic (exact) mass is 374 g/mol. The fourth-order valence-corrected chi connectivity index (χ4v) is 3.27. The lowest BCUT2D eigenvalue weighted by Crippen LogP contribution is -2.14. The lowest BCUT2D eigenvalue weighted by Gasteiger charge is -2.11. The molecule has 0 saturated heterocycles. The van der Waals surface area contributed by atoms with E-state index in [1.807, 2.05) is 6.92 Å². The molecule has 106 valence electrons. The van der Waals surface area contributed by atoms with E-state index in [1.165, 1.54) is 12.1 Å². The Balaban J connectivity index is 2.38. The van der Waals surface area contributed by atoms with E-state index in [0.717, 1.165) is 5.56 Å². The average Bonchev–Trinajstić information content (AvgIpc) is 2.33. The van der Waals surface area contributed by atoms with Crippen LogP contribution in [0.3, 0.4) is 0 Å². The molecule has 0 heterocycles. The number of hydrogen-bond donors (Lipinski definition) is 2. The van der Waals surface area contributed by atoms with Gasteiger partial charge in [-0.05, 0) is 58.7 Å². The highest BCUT2D eigenvalue weighted by molar-refractivity contribution is 9.10. The van der Waals surface area contributed by atoms with Crippen molar-refractivity contribution in [3.05, 3.63) is 51.5 Å². The SMILES string of the molecule is Cc1ccc(S(=O)(=O)Nc2ccc(Br)c(Cl)c2)c(N)c1. The minimum Gasteiger partial charge on any atom is -0.398 e. The highest BCUT2D eigenvalue weighted by Crippen LogP contribution is 2.28. The summed E-state index contributed by atoms with van der Waals surface area (Å²) in [6.45, 7) is 1.84. The third kappa shape index (κ3) is 3.26. The van der Waals surface area contributed by atoms with Crippen molar-refractivity contribution in [1.82, 2.24) is 0 Å². The van der Waals surface area contributed by atoms with Gasteiger partial charge >= 0.3 is 0 Å². The van der Waals surface area contributed by atoms with Gasteiger partial charge in [-0.1, -0.05) is 17.7 Å². The zero-order chi connectivity index (χ0) is 14.9. The summed E-state index contributed by atoms with van der Waals surface area (Å²) in [6.07, 6.45) is 0. The first-order valence-electron chi connectivity index (χ1n) is 5.63. The zero-order valence-electron chi connectivity index (χ0n) is 10.5. The first-order chi connectivity index (χ1) is 9.29. The Labute approximate surface area is 131 Å². The fourth-order valence-electron chi connectivity index (χ4n) is 1.68. The van der Waals surface area contributed by atoms with Gasteiger partial charge in [0.2, 0.25) is 0 Å². The Kier molecular flexibility index (Phi) is 4.27. The van der Waals surface area contributed by atoms with E-state index >= 15 is 0 Å². The number of aryl methyl sites for hydroxylation is 1. The van der Waals surface area contributed by atoms with Crippen LogP contribution in [0.4, 0.5) is 11.4 Å². The molecule has 0 atom stereocenters. The van der Waals surface area contributed by atoms with Gasteiger partial charge in [0, 0.05) is 4.47 Å². The van der Waals surface area contributed by atoms with Crippen LogP contribution in [-0.4, -0.2) is 8.42 Å². The van der Waals surface area contributed by atoms with Crippen LogP contribution in [0.1, 0.15) is 5.56 Å². The third-order valence-corrected chi connectivity index (χ3v) is 5.31. The van der Waals surface area contributed by atoms with Gasteiger partial charge in [-0.25, -0.2) is 8.42 Å². The molecular weight excluding hydrogens is 364 g/mol. The van der Waals surface area contributed by atoms with Gasteiger partial charge in [0.25, 0.3) is 10.0 Å². The van der Waals surface area contributed by atoms with E-state index in [1.54, 1.807) is 24.3 Å². The Bertz CT molecular complexity index is 763. The fraction of sp³-hybridized carbons (Fsp3) is 0.0769. The van der Waals surface area contributed by atoms with Gasteiger partial charge < -0.3 is 5.73 Å². The molecule has 3 N–H and O–H groups in total. The molecule has 0 unspecified atom stereocenters. The minimum atomic E-state index is -3.74. The summed E-state index contributed by atoms with van der Waals surface area (Å²) >= 11 is 9.18. The maximum atomic E-state index is 12.3. The maximum Gasteiger partial charge on any atom is 0.263 e. The topological polar surface area (TPSA) is 72.2 Å². The maximum absolute atomic E-state index is 12.3. The zero-order valence-corrected chi connectivity index (χ0v) is 13.7. The molecule has 20 heavy (non-hydrogen) atoms. The smallest absolute Gasteiger partial charge is 0.263 e. The highest BCUT2D eigenvalue weighted by Gasteiger charge is 2.17. The molecule has 0 amide bonds. The molecule has 0 bridgehead atoms. The molecule has 2 aromatic carbocycles. The Hall–Kier alpha value is -1.24. The molecular formula is C13H12BrClN2O2S. The van der Waals surface area contributed by atoms with Gasteiger partial charge in [0.05, 0.1) is 16.4 Å². The molecule has 0 radical (unpaired) electrons. The van der Waals surface area contributed by atoms with Crippen molar-refractivity contribution in [2.75, 3.05) is 10.5 Å². The Morgan fingerprint density at radius 2 is 1.90 bits per heavy atom. The van der Waals surface area contributed by atoms with E-state index in [0.29, 0.717) is 15.2 Å². The van der Waals surface area contributed by atoms with Crippen LogP contribution in [0.15, 0.2) is 45.8 Å². The van der Waals surface area contributed by atoms with Crippen molar-refractivity contribution in [2.24, 2.45) is 0 Å². The van der Waals surface area contributed by atoms with Crippen LogP contribution in [0.5, 0.6) is 0 Å². The molecule has 4 nitrogen and oxygen atoms in total. The molecule has 0 fully saturated rings. The van der Waals surface area contributed by atoms with Crippen molar-refractivity contribution in [1.29, 1.82) is 0 Å². The number of benzene rings is 2. The second-order valence-corrected chi connectivity index (χ2v) is 7.19. The second-order valence-electron chi connectivity index (χ2n) is 4.28. The molecule has 2 rings (SSSR count). The van der Waals surface area contributed by atoms with E-state index in [9.17, 15) is 8.42 Å². The Morgan fingerprint density at radius 3 is 2.50 bits per heavy atom. The van der Waals surface area contributed by atoms with Gasteiger partial charge in [0.1, 0.15) is 4.90 Å². The molecule has 0 aliphatic rings. The molecule has 0 aliphatic heterocycles. The van der Waals surface area contributed by atoms with Gasteiger partial charge in [-0.2, -0.15) is 0 Å². The van der Waals surface area contributed by atoms with Crippen molar-refractivity contribution in [2.45, 2.75) is 11.8 Å². The Morgan fingerprint density at radius 1 is 1.20 bits per heavy atom. The number of hydrogen-bond acceptors (Lipinski definition) is 3. The molecule has 0 aromatic heterocycles. The quantitative estimate of drug-likeness (QED) is 0.802. The number of halogens is 2. The molecule has 0 spiro atoms. The first-order valence-corrected chi connectivity index (χ1v) is 8.29. The predicted molar refractivity (Wildman–Crippen MR) is 85.6 cm³/mol. The number of anilines is 2.